The molecule has 0 saturated heterocycles. The van der Waals surface area contributed by atoms with Gasteiger partial charge in [0.25, 0.3) is 5.91 Å². The van der Waals surface area contributed by atoms with Gasteiger partial charge in [0, 0.05) is 18.7 Å². The highest BCUT2D eigenvalue weighted by atomic mass is 16.5. The van der Waals surface area contributed by atoms with Gasteiger partial charge in [-0.1, -0.05) is 30.3 Å². The van der Waals surface area contributed by atoms with Crippen molar-refractivity contribution in [3.63, 3.8) is 0 Å². The van der Waals surface area contributed by atoms with Crippen LogP contribution < -0.4 is 9.47 Å². The second-order valence-electron chi connectivity index (χ2n) is 5.02. The lowest BCUT2D eigenvalue weighted by atomic mass is 9.97. The third-order valence-corrected chi connectivity index (χ3v) is 3.90. The van der Waals surface area contributed by atoms with E-state index in [9.17, 15) is 4.79 Å². The van der Waals surface area contributed by atoms with Crippen LogP contribution in [-0.4, -0.2) is 32.1 Å². The molecule has 2 aromatic rings. The van der Waals surface area contributed by atoms with E-state index in [1.807, 2.05) is 43.4 Å². The van der Waals surface area contributed by atoms with Gasteiger partial charge in [-0.3, -0.25) is 4.79 Å². The summed E-state index contributed by atoms with van der Waals surface area (Å²) < 4.78 is 10.7. The van der Waals surface area contributed by atoms with E-state index < -0.39 is 0 Å². The van der Waals surface area contributed by atoms with Crippen molar-refractivity contribution < 1.29 is 14.3 Å². The minimum absolute atomic E-state index is 0.0175. The van der Waals surface area contributed by atoms with E-state index in [0.717, 1.165) is 11.1 Å². The molecule has 1 amide bonds. The fourth-order valence-electron chi connectivity index (χ4n) is 2.87. The number of methoxy groups -OCH3 is 2. The Balaban J connectivity index is 2.22. The molecule has 1 atom stereocenters. The Kier molecular flexibility index (Phi) is 3.29. The summed E-state index contributed by atoms with van der Waals surface area (Å²) in [7, 11) is 5.00. The Morgan fingerprint density at radius 2 is 1.76 bits per heavy atom. The Morgan fingerprint density at radius 3 is 2.38 bits per heavy atom. The van der Waals surface area contributed by atoms with Gasteiger partial charge in [-0.15, -0.1) is 0 Å². The van der Waals surface area contributed by atoms with Crippen LogP contribution in [0.2, 0.25) is 0 Å². The molecule has 21 heavy (non-hydrogen) atoms. The average molecular weight is 283 g/mol. The van der Waals surface area contributed by atoms with Crippen molar-refractivity contribution in [2.75, 3.05) is 21.3 Å². The molecule has 2 aromatic carbocycles. The van der Waals surface area contributed by atoms with E-state index >= 15 is 0 Å². The molecule has 4 heteroatoms. The van der Waals surface area contributed by atoms with E-state index in [0.29, 0.717) is 17.1 Å². The smallest absolute Gasteiger partial charge is 0.255 e. The van der Waals surface area contributed by atoms with Crippen LogP contribution in [-0.2, 0) is 0 Å². The van der Waals surface area contributed by atoms with E-state index in [1.54, 1.807) is 25.2 Å². The molecule has 4 nitrogen and oxygen atoms in total. The van der Waals surface area contributed by atoms with Crippen molar-refractivity contribution in [2.24, 2.45) is 0 Å². The summed E-state index contributed by atoms with van der Waals surface area (Å²) in [6.45, 7) is 0. The minimum Gasteiger partial charge on any atom is -0.497 e. The molecule has 0 aromatic heterocycles. The summed E-state index contributed by atoms with van der Waals surface area (Å²) in [5.41, 5.74) is 2.61. The molecule has 0 radical (unpaired) electrons. The lowest BCUT2D eigenvalue weighted by Gasteiger charge is -2.22. The third-order valence-electron chi connectivity index (χ3n) is 3.90. The highest BCUT2D eigenvalue weighted by molar-refractivity contribution is 6.01. The molecule has 1 unspecified atom stereocenters. The van der Waals surface area contributed by atoms with Gasteiger partial charge in [0.1, 0.15) is 11.5 Å². The standard InChI is InChI=1S/C17H17NO3/c1-18-16(11-7-5-4-6-8-11)15-13(17(18)19)9-12(20-2)10-14(15)21-3/h4-10,16H,1-3H3. The molecule has 0 spiro atoms. The van der Waals surface area contributed by atoms with Crippen LogP contribution in [0.3, 0.4) is 0 Å². The summed E-state index contributed by atoms with van der Waals surface area (Å²) >= 11 is 0. The molecule has 1 aliphatic heterocycles. The van der Waals surface area contributed by atoms with Crippen LogP contribution in [0.1, 0.15) is 27.5 Å². The number of nitrogens with zero attached hydrogens (tertiary/aromatic N) is 1. The molecule has 0 bridgehead atoms. The van der Waals surface area contributed by atoms with Crippen LogP contribution in [0.15, 0.2) is 42.5 Å². The van der Waals surface area contributed by atoms with Crippen molar-refractivity contribution in [1.29, 1.82) is 0 Å². The first kappa shape index (κ1) is 13.5. The Bertz CT molecular complexity index is 682. The molecule has 3 rings (SSSR count). The molecule has 1 heterocycles. The molecule has 0 N–H and O–H groups in total. The topological polar surface area (TPSA) is 38.8 Å². The van der Waals surface area contributed by atoms with Gasteiger partial charge >= 0.3 is 0 Å². The number of carbonyl (C=O) groups is 1. The molecule has 0 saturated carbocycles. The molecular weight excluding hydrogens is 266 g/mol. The number of carbonyl (C=O) groups excluding carboxylic acids is 1. The van der Waals surface area contributed by atoms with Crippen LogP contribution in [0.4, 0.5) is 0 Å². The quantitative estimate of drug-likeness (QED) is 0.869. The number of hydrogen-bond acceptors (Lipinski definition) is 3. The predicted octanol–water partition coefficient (Wildman–Crippen LogP) is 2.88. The molecular formula is C17H17NO3. The highest BCUT2D eigenvalue weighted by Crippen LogP contribution is 2.44. The molecule has 0 aliphatic carbocycles. The van der Waals surface area contributed by atoms with Crippen LogP contribution in [0.5, 0.6) is 11.5 Å². The number of amides is 1. The third kappa shape index (κ3) is 2.03. The number of ether oxygens (including phenoxy) is 2. The summed E-state index contributed by atoms with van der Waals surface area (Å²) in [6.07, 6.45) is 0. The first-order valence-corrected chi connectivity index (χ1v) is 6.75. The van der Waals surface area contributed by atoms with E-state index in [1.165, 1.54) is 0 Å². The zero-order valence-electron chi connectivity index (χ0n) is 12.3. The Labute approximate surface area is 123 Å². The maximum absolute atomic E-state index is 12.5. The Hall–Kier alpha value is -2.49. The summed E-state index contributed by atoms with van der Waals surface area (Å²) in [5.74, 6) is 1.29. The van der Waals surface area contributed by atoms with Crippen LogP contribution >= 0.6 is 0 Å². The van der Waals surface area contributed by atoms with E-state index in [2.05, 4.69) is 0 Å². The average Bonchev–Trinajstić information content (AvgIpc) is 2.79. The zero-order chi connectivity index (χ0) is 15.0. The van der Waals surface area contributed by atoms with Crippen LogP contribution in [0, 0.1) is 0 Å². The Morgan fingerprint density at radius 1 is 1.05 bits per heavy atom. The normalized spacial score (nSPS) is 16.8. The number of benzene rings is 2. The van der Waals surface area contributed by atoms with Gasteiger partial charge in [0.15, 0.2) is 0 Å². The van der Waals surface area contributed by atoms with Crippen molar-refractivity contribution in [3.8, 4) is 11.5 Å². The fourth-order valence-corrected chi connectivity index (χ4v) is 2.87. The SMILES string of the molecule is COc1cc(OC)c2c(c1)C(=O)N(C)C2c1ccccc1. The second kappa shape index (κ2) is 5.13. The summed E-state index contributed by atoms with van der Waals surface area (Å²) in [6, 6.07) is 13.4. The molecule has 1 aliphatic rings. The van der Waals surface area contributed by atoms with Crippen molar-refractivity contribution in [3.05, 3.63) is 59.2 Å². The van der Waals surface area contributed by atoms with Gasteiger partial charge in [0.05, 0.1) is 25.8 Å². The summed E-state index contributed by atoms with van der Waals surface area (Å²) in [4.78, 5) is 14.3. The maximum atomic E-state index is 12.5. The van der Waals surface area contributed by atoms with Gasteiger partial charge in [-0.2, -0.15) is 0 Å². The van der Waals surface area contributed by atoms with E-state index in [4.69, 9.17) is 9.47 Å². The van der Waals surface area contributed by atoms with Gasteiger partial charge in [-0.05, 0) is 11.6 Å². The van der Waals surface area contributed by atoms with Gasteiger partial charge < -0.3 is 14.4 Å². The van der Waals surface area contributed by atoms with Gasteiger partial charge in [0.2, 0.25) is 0 Å². The monoisotopic (exact) mass is 283 g/mol. The van der Waals surface area contributed by atoms with Gasteiger partial charge in [-0.25, -0.2) is 0 Å². The second-order valence-corrected chi connectivity index (χ2v) is 5.02. The largest absolute Gasteiger partial charge is 0.497 e. The van der Waals surface area contributed by atoms with Crippen molar-refractivity contribution in [2.45, 2.75) is 6.04 Å². The zero-order valence-corrected chi connectivity index (χ0v) is 12.3. The first-order valence-electron chi connectivity index (χ1n) is 6.75. The number of rotatable bonds is 3. The first-order chi connectivity index (χ1) is 10.2. The molecule has 108 valence electrons. The number of fused-ring (bicyclic) bond motifs is 1. The lowest BCUT2D eigenvalue weighted by Crippen LogP contribution is -2.23. The van der Waals surface area contributed by atoms with Crippen molar-refractivity contribution in [1.82, 2.24) is 4.90 Å². The van der Waals surface area contributed by atoms with Crippen molar-refractivity contribution >= 4 is 5.91 Å². The maximum Gasteiger partial charge on any atom is 0.255 e. The summed E-state index contributed by atoms with van der Waals surface area (Å²) in [5, 5.41) is 0. The lowest BCUT2D eigenvalue weighted by molar-refractivity contribution is 0.0793. The van der Waals surface area contributed by atoms with Crippen LogP contribution in [0.25, 0.3) is 0 Å². The highest BCUT2D eigenvalue weighted by Gasteiger charge is 2.38. The fraction of sp³-hybridized carbons (Fsp3) is 0.235. The molecule has 0 fully saturated rings. The minimum atomic E-state index is -0.130. The number of hydrogen-bond donors (Lipinski definition) is 0. The van der Waals surface area contributed by atoms with E-state index in [-0.39, 0.29) is 11.9 Å². The predicted molar refractivity (Wildman–Crippen MR) is 79.9 cm³/mol.